The lowest BCUT2D eigenvalue weighted by molar-refractivity contribution is -0.137. The first-order chi connectivity index (χ1) is 10.9. The van der Waals surface area contributed by atoms with Gasteiger partial charge in [-0.05, 0) is 48.2 Å². The van der Waals surface area contributed by atoms with Crippen LogP contribution in [-0.2, 0) is 6.18 Å². The van der Waals surface area contributed by atoms with E-state index >= 15 is 0 Å². The predicted octanol–water partition coefficient (Wildman–Crippen LogP) is 4.79. The van der Waals surface area contributed by atoms with Crippen LogP contribution in [0.3, 0.4) is 0 Å². The van der Waals surface area contributed by atoms with E-state index in [9.17, 15) is 13.2 Å². The lowest BCUT2D eigenvalue weighted by Gasteiger charge is -2.26. The smallest absolute Gasteiger partial charge is 0.331 e. The highest BCUT2D eigenvalue weighted by Crippen LogP contribution is 2.33. The molecule has 1 aromatic heterocycles. The summed E-state index contributed by atoms with van der Waals surface area (Å²) < 4.78 is 38.6. The minimum absolute atomic E-state index is 0.299. The molecule has 0 saturated carbocycles. The second-order valence-corrected chi connectivity index (χ2v) is 5.63. The topological polar surface area (TPSA) is 29.0 Å². The number of nitrogens with zero attached hydrogens (tertiary/aromatic N) is 3. The molecule has 0 atom stereocenters. The molecule has 0 saturated heterocycles. The van der Waals surface area contributed by atoms with Crippen molar-refractivity contribution in [3.8, 4) is 0 Å². The maximum Gasteiger partial charge on any atom is 0.416 e. The third-order valence-corrected chi connectivity index (χ3v) is 3.83. The molecule has 7 heteroatoms. The maximum absolute atomic E-state index is 12.9. The molecule has 0 spiro atoms. The summed E-state index contributed by atoms with van der Waals surface area (Å²) in [6.07, 6.45) is -0.964. The number of aromatic nitrogens is 2. The Kier molecular flexibility index (Phi) is 4.26. The van der Waals surface area contributed by atoms with E-state index in [1.165, 1.54) is 12.1 Å². The van der Waals surface area contributed by atoms with Gasteiger partial charge < -0.3 is 4.90 Å². The van der Waals surface area contributed by atoms with Gasteiger partial charge in [0.15, 0.2) is 11.0 Å². The molecule has 120 valence electrons. The number of hydrogen-bond donors (Lipinski definition) is 0. The van der Waals surface area contributed by atoms with Crippen molar-refractivity contribution in [2.45, 2.75) is 19.0 Å². The van der Waals surface area contributed by atoms with E-state index in [0.717, 1.165) is 31.0 Å². The van der Waals surface area contributed by atoms with Gasteiger partial charge in [-0.25, -0.2) is 0 Å². The first kappa shape index (κ1) is 15.8. The number of allylic oxidation sites excluding steroid dienone is 1. The number of benzene rings is 1. The van der Waals surface area contributed by atoms with Crippen LogP contribution < -0.4 is 4.90 Å². The van der Waals surface area contributed by atoms with Crippen LogP contribution in [0.1, 0.15) is 24.0 Å². The molecular formula is C16H13ClF3N3. The van der Waals surface area contributed by atoms with Crippen molar-refractivity contribution in [2.75, 3.05) is 11.4 Å². The molecule has 0 amide bonds. The van der Waals surface area contributed by atoms with Crippen molar-refractivity contribution in [1.82, 2.24) is 10.2 Å². The Morgan fingerprint density at radius 3 is 2.61 bits per heavy atom. The molecular weight excluding hydrogens is 327 g/mol. The van der Waals surface area contributed by atoms with Crippen LogP contribution in [0.25, 0.3) is 5.57 Å². The second-order valence-electron chi connectivity index (χ2n) is 5.24. The van der Waals surface area contributed by atoms with Crippen LogP contribution in [0.5, 0.6) is 0 Å². The van der Waals surface area contributed by atoms with Gasteiger partial charge in [0.2, 0.25) is 0 Å². The van der Waals surface area contributed by atoms with Gasteiger partial charge in [-0.2, -0.15) is 13.2 Å². The highest BCUT2D eigenvalue weighted by atomic mass is 35.5. The summed E-state index contributed by atoms with van der Waals surface area (Å²) in [5, 5.41) is 8.10. The monoisotopic (exact) mass is 339 g/mol. The third-order valence-electron chi connectivity index (χ3n) is 3.63. The average Bonchev–Trinajstić information content (AvgIpc) is 2.55. The van der Waals surface area contributed by atoms with Crippen molar-refractivity contribution in [3.05, 3.63) is 58.9 Å². The molecule has 3 nitrogen and oxygen atoms in total. The van der Waals surface area contributed by atoms with Crippen molar-refractivity contribution < 1.29 is 13.2 Å². The lowest BCUT2D eigenvalue weighted by Crippen LogP contribution is -2.23. The van der Waals surface area contributed by atoms with Crippen molar-refractivity contribution >= 4 is 23.0 Å². The van der Waals surface area contributed by atoms with E-state index in [1.54, 1.807) is 18.2 Å². The second kappa shape index (κ2) is 6.20. The zero-order valence-electron chi connectivity index (χ0n) is 12.0. The first-order valence-electron chi connectivity index (χ1n) is 7.08. The fourth-order valence-corrected chi connectivity index (χ4v) is 2.61. The zero-order chi connectivity index (χ0) is 16.4. The van der Waals surface area contributed by atoms with Gasteiger partial charge in [0.1, 0.15) is 0 Å². The molecule has 23 heavy (non-hydrogen) atoms. The Balaban J connectivity index is 1.92. The Morgan fingerprint density at radius 2 is 1.91 bits per heavy atom. The SMILES string of the molecule is FC(F)(F)c1cccc(C2=CN(c3ccc(Cl)nn3)CCC2)c1. The van der Waals surface area contributed by atoms with Crippen LogP contribution in [0.4, 0.5) is 19.0 Å². The quantitative estimate of drug-likeness (QED) is 0.787. The van der Waals surface area contributed by atoms with Gasteiger partial charge in [0, 0.05) is 12.7 Å². The molecule has 1 aliphatic rings. The first-order valence-corrected chi connectivity index (χ1v) is 7.45. The van der Waals surface area contributed by atoms with Gasteiger partial charge in [0.25, 0.3) is 0 Å². The van der Waals surface area contributed by atoms with Crippen LogP contribution >= 0.6 is 11.6 Å². The van der Waals surface area contributed by atoms with Crippen LogP contribution in [0, 0.1) is 0 Å². The minimum atomic E-state index is -4.34. The molecule has 2 aromatic rings. The van der Waals surface area contributed by atoms with Crippen LogP contribution in [-0.4, -0.2) is 16.7 Å². The van der Waals surface area contributed by atoms with Crippen LogP contribution in [0.2, 0.25) is 5.15 Å². The molecule has 0 unspecified atom stereocenters. The molecule has 0 aliphatic carbocycles. The molecule has 3 rings (SSSR count). The Bertz CT molecular complexity index is 726. The summed E-state index contributed by atoms with van der Waals surface area (Å²) in [6.45, 7) is 0.735. The van der Waals surface area contributed by atoms with E-state index in [-0.39, 0.29) is 0 Å². The maximum atomic E-state index is 12.9. The van der Waals surface area contributed by atoms with Gasteiger partial charge >= 0.3 is 6.18 Å². The summed E-state index contributed by atoms with van der Waals surface area (Å²) in [5.41, 5.74) is 0.782. The average molecular weight is 340 g/mol. The highest BCUT2D eigenvalue weighted by molar-refractivity contribution is 6.29. The lowest BCUT2D eigenvalue weighted by atomic mass is 9.97. The number of anilines is 1. The molecule has 0 fully saturated rings. The number of hydrogen-bond acceptors (Lipinski definition) is 3. The molecule has 1 aliphatic heterocycles. The van der Waals surface area contributed by atoms with Gasteiger partial charge in [-0.3, -0.25) is 0 Å². The Morgan fingerprint density at radius 1 is 1.09 bits per heavy atom. The third kappa shape index (κ3) is 3.64. The van der Waals surface area contributed by atoms with Crippen molar-refractivity contribution in [3.63, 3.8) is 0 Å². The van der Waals surface area contributed by atoms with E-state index in [0.29, 0.717) is 16.5 Å². The standard InChI is InChI=1S/C16H13ClF3N3/c17-14-6-7-15(22-21-14)23-8-2-4-12(10-23)11-3-1-5-13(9-11)16(18,19)20/h1,3,5-7,9-10H,2,4,8H2. The Hall–Kier alpha value is -2.08. The fourth-order valence-electron chi connectivity index (χ4n) is 2.51. The van der Waals surface area contributed by atoms with Crippen molar-refractivity contribution in [2.24, 2.45) is 0 Å². The Labute approximate surface area is 136 Å². The normalized spacial score (nSPS) is 15.5. The van der Waals surface area contributed by atoms with E-state index < -0.39 is 11.7 Å². The van der Waals surface area contributed by atoms with E-state index in [1.807, 2.05) is 11.1 Å². The molecule has 0 N–H and O–H groups in total. The molecule has 1 aromatic carbocycles. The summed E-state index contributed by atoms with van der Waals surface area (Å²) >= 11 is 5.72. The number of halogens is 4. The molecule has 0 bridgehead atoms. The molecule has 0 radical (unpaired) electrons. The summed E-state index contributed by atoms with van der Waals surface area (Å²) in [6, 6.07) is 8.76. The molecule has 2 heterocycles. The summed E-state index contributed by atoms with van der Waals surface area (Å²) in [7, 11) is 0. The predicted molar refractivity (Wildman–Crippen MR) is 83.0 cm³/mol. The van der Waals surface area contributed by atoms with Gasteiger partial charge in [-0.1, -0.05) is 23.7 Å². The van der Waals surface area contributed by atoms with Crippen LogP contribution in [0.15, 0.2) is 42.6 Å². The highest BCUT2D eigenvalue weighted by Gasteiger charge is 2.30. The minimum Gasteiger partial charge on any atom is -0.331 e. The summed E-state index contributed by atoms with van der Waals surface area (Å²) in [4.78, 5) is 1.88. The van der Waals surface area contributed by atoms with Gasteiger partial charge in [-0.15, -0.1) is 10.2 Å². The van der Waals surface area contributed by atoms with Crippen molar-refractivity contribution in [1.29, 1.82) is 0 Å². The summed E-state index contributed by atoms with van der Waals surface area (Å²) in [5.74, 6) is 0.624. The van der Waals surface area contributed by atoms with E-state index in [4.69, 9.17) is 11.6 Å². The number of alkyl halides is 3. The number of rotatable bonds is 2. The zero-order valence-corrected chi connectivity index (χ0v) is 12.8. The van der Waals surface area contributed by atoms with Gasteiger partial charge in [0.05, 0.1) is 5.56 Å². The fraction of sp³-hybridized carbons (Fsp3) is 0.250. The van der Waals surface area contributed by atoms with E-state index in [2.05, 4.69) is 10.2 Å². The largest absolute Gasteiger partial charge is 0.416 e.